The summed E-state index contributed by atoms with van der Waals surface area (Å²) in [5.74, 6) is -0.324. The normalized spacial score (nSPS) is 10.6. The summed E-state index contributed by atoms with van der Waals surface area (Å²) in [4.78, 5) is 22.4. The van der Waals surface area contributed by atoms with E-state index in [4.69, 9.17) is 10.4 Å². The highest BCUT2D eigenvalue weighted by Crippen LogP contribution is 2.29. The van der Waals surface area contributed by atoms with Crippen LogP contribution < -0.4 is 11.1 Å². The number of thioether (sulfide) groups is 1. The van der Waals surface area contributed by atoms with Gasteiger partial charge < -0.3 is 11.1 Å². The second-order valence-corrected chi connectivity index (χ2v) is 5.82. The Kier molecular flexibility index (Phi) is 4.75. The fraction of sp³-hybridized carbons (Fsp3) is 0.143. The van der Waals surface area contributed by atoms with Gasteiger partial charge in [0.15, 0.2) is 16.7 Å². The van der Waals surface area contributed by atoms with Crippen LogP contribution in [-0.2, 0) is 9.59 Å². The topological polar surface area (TPSA) is 142 Å². The number of nitrogens with two attached hydrogens (primary N) is 1. The van der Waals surface area contributed by atoms with Gasteiger partial charge in [-0.05, 0) is 22.4 Å². The van der Waals surface area contributed by atoms with Crippen LogP contribution in [0.5, 0.6) is 0 Å². The lowest BCUT2D eigenvalue weighted by molar-refractivity contribution is -0.116. The Morgan fingerprint density at radius 1 is 1.24 bits per heavy atom. The molecule has 128 valence electrons. The van der Waals surface area contributed by atoms with E-state index in [1.54, 1.807) is 4.57 Å². The van der Waals surface area contributed by atoms with Gasteiger partial charge in [0.1, 0.15) is 0 Å². The van der Waals surface area contributed by atoms with Gasteiger partial charge in [-0.1, -0.05) is 30.0 Å². The highest BCUT2D eigenvalue weighted by Gasteiger charge is 2.23. The molecule has 0 fully saturated rings. The summed E-state index contributed by atoms with van der Waals surface area (Å²) < 4.78 is 6.40. The van der Waals surface area contributed by atoms with Crippen molar-refractivity contribution in [3.63, 3.8) is 0 Å². The molecule has 0 unspecified atom stereocenters. The quantitative estimate of drug-likeness (QED) is 0.617. The average Bonchev–Trinajstić information content (AvgIpc) is 3.19. The third-order valence-corrected chi connectivity index (χ3v) is 3.94. The molecule has 0 aliphatic carbocycles. The van der Waals surface area contributed by atoms with Gasteiger partial charge >= 0.3 is 0 Å². The van der Waals surface area contributed by atoms with Gasteiger partial charge in [-0.25, -0.2) is 4.63 Å². The van der Waals surface area contributed by atoms with Crippen LogP contribution in [0.3, 0.4) is 0 Å². The summed E-state index contributed by atoms with van der Waals surface area (Å²) in [6.45, 7) is 1.34. The van der Waals surface area contributed by atoms with Crippen molar-refractivity contribution in [1.82, 2.24) is 25.1 Å². The SMILES string of the molecule is CC(=O)Nc1nonc1-c1nnc(SCC(N)=O)n1-c1ccccc1. The molecule has 0 aliphatic rings. The van der Waals surface area contributed by atoms with Gasteiger partial charge in [0.05, 0.1) is 5.75 Å². The highest BCUT2D eigenvalue weighted by atomic mass is 32.2. The number of primary amides is 1. The van der Waals surface area contributed by atoms with E-state index in [2.05, 4.69) is 25.8 Å². The number of benzene rings is 1. The van der Waals surface area contributed by atoms with Crippen LogP contribution in [-0.4, -0.2) is 42.6 Å². The molecule has 2 aromatic heterocycles. The Labute approximate surface area is 145 Å². The van der Waals surface area contributed by atoms with E-state index in [-0.39, 0.29) is 23.2 Å². The lowest BCUT2D eigenvalue weighted by Gasteiger charge is -2.08. The number of carbonyl (C=O) groups excluding carboxylic acids is 2. The first-order valence-electron chi connectivity index (χ1n) is 7.08. The average molecular weight is 359 g/mol. The number of amides is 2. The minimum absolute atomic E-state index is 0.0422. The Hall–Kier alpha value is -3.21. The van der Waals surface area contributed by atoms with Crippen molar-refractivity contribution in [3.8, 4) is 17.2 Å². The van der Waals surface area contributed by atoms with Crippen molar-refractivity contribution in [2.75, 3.05) is 11.1 Å². The molecule has 2 heterocycles. The standard InChI is InChI=1S/C14H13N7O3S/c1-8(22)16-12-11(19-24-20-12)13-17-18-14(25-7-10(15)23)21(13)9-5-3-2-4-6-9/h2-6H,7H2,1H3,(H2,15,23)(H,16,20,22). The van der Waals surface area contributed by atoms with Crippen LogP contribution in [0, 0.1) is 0 Å². The summed E-state index contributed by atoms with van der Waals surface area (Å²) in [5.41, 5.74) is 6.17. The zero-order valence-corrected chi connectivity index (χ0v) is 13.9. The maximum absolute atomic E-state index is 11.3. The predicted molar refractivity (Wildman–Crippen MR) is 88.9 cm³/mol. The van der Waals surface area contributed by atoms with Crippen LogP contribution in [0.2, 0.25) is 0 Å². The Morgan fingerprint density at radius 3 is 2.68 bits per heavy atom. The molecule has 2 amide bonds. The number of hydrogen-bond donors (Lipinski definition) is 2. The second-order valence-electron chi connectivity index (χ2n) is 4.87. The minimum Gasteiger partial charge on any atom is -0.369 e. The molecule has 3 rings (SSSR count). The largest absolute Gasteiger partial charge is 0.369 e. The molecule has 3 aromatic rings. The molecule has 25 heavy (non-hydrogen) atoms. The zero-order valence-electron chi connectivity index (χ0n) is 13.0. The molecule has 0 bridgehead atoms. The molecule has 3 N–H and O–H groups in total. The molecule has 0 atom stereocenters. The Balaban J connectivity index is 2.10. The van der Waals surface area contributed by atoms with Crippen LogP contribution in [0.4, 0.5) is 5.82 Å². The molecule has 1 aromatic carbocycles. The molecule has 0 spiro atoms. The van der Waals surface area contributed by atoms with Crippen molar-refractivity contribution >= 4 is 29.4 Å². The van der Waals surface area contributed by atoms with E-state index >= 15 is 0 Å². The molecule has 0 aliphatic heterocycles. The van der Waals surface area contributed by atoms with Crippen LogP contribution in [0.15, 0.2) is 40.1 Å². The summed E-state index contributed by atoms with van der Waals surface area (Å²) >= 11 is 1.14. The Bertz CT molecular complexity index is 906. The maximum Gasteiger partial charge on any atom is 0.227 e. The van der Waals surface area contributed by atoms with Crippen molar-refractivity contribution in [2.45, 2.75) is 12.1 Å². The second kappa shape index (κ2) is 7.13. The maximum atomic E-state index is 11.3. The fourth-order valence-electron chi connectivity index (χ4n) is 2.05. The number of carbonyl (C=O) groups is 2. The van der Waals surface area contributed by atoms with Gasteiger partial charge in [0.2, 0.25) is 17.6 Å². The van der Waals surface area contributed by atoms with Crippen molar-refractivity contribution in [2.24, 2.45) is 5.73 Å². The van der Waals surface area contributed by atoms with Gasteiger partial charge in [-0.2, -0.15) is 0 Å². The number of hydrogen-bond acceptors (Lipinski definition) is 8. The van der Waals surface area contributed by atoms with Crippen LogP contribution >= 0.6 is 11.8 Å². The first-order chi connectivity index (χ1) is 12.1. The molecule has 10 nitrogen and oxygen atoms in total. The number of rotatable bonds is 6. The summed E-state index contributed by atoms with van der Waals surface area (Å²) in [6, 6.07) is 9.23. The third-order valence-electron chi connectivity index (χ3n) is 2.99. The van der Waals surface area contributed by atoms with Gasteiger partial charge in [0, 0.05) is 12.6 Å². The van der Waals surface area contributed by atoms with Crippen LogP contribution in [0.25, 0.3) is 17.2 Å². The van der Waals surface area contributed by atoms with Crippen LogP contribution in [0.1, 0.15) is 6.92 Å². The first-order valence-corrected chi connectivity index (χ1v) is 8.07. The van der Waals surface area contributed by atoms with E-state index < -0.39 is 5.91 Å². The number of nitrogens with one attached hydrogen (secondary N) is 1. The van der Waals surface area contributed by atoms with Gasteiger partial charge in [-0.3, -0.25) is 14.2 Å². The molecular formula is C14H13N7O3S. The molecule has 0 saturated heterocycles. The third kappa shape index (κ3) is 3.66. The van der Waals surface area contributed by atoms with Crippen molar-refractivity contribution in [3.05, 3.63) is 30.3 Å². The summed E-state index contributed by atoms with van der Waals surface area (Å²) in [7, 11) is 0. The Morgan fingerprint density at radius 2 is 2.00 bits per heavy atom. The molecule has 11 heteroatoms. The number of nitrogens with zero attached hydrogens (tertiary/aromatic N) is 5. The van der Waals surface area contributed by atoms with E-state index in [0.717, 1.165) is 17.4 Å². The van der Waals surface area contributed by atoms with Gasteiger partial charge in [-0.15, -0.1) is 10.2 Å². The van der Waals surface area contributed by atoms with Crippen molar-refractivity contribution < 1.29 is 14.2 Å². The van der Waals surface area contributed by atoms with Crippen molar-refractivity contribution in [1.29, 1.82) is 0 Å². The molecule has 0 radical (unpaired) electrons. The highest BCUT2D eigenvalue weighted by molar-refractivity contribution is 7.99. The molecular weight excluding hydrogens is 346 g/mol. The minimum atomic E-state index is -0.476. The van der Waals surface area contributed by atoms with E-state index in [1.165, 1.54) is 6.92 Å². The predicted octanol–water partition coefficient (Wildman–Crippen LogP) is 0.853. The number of para-hydroxylation sites is 1. The first kappa shape index (κ1) is 16.6. The monoisotopic (exact) mass is 359 g/mol. The number of aromatic nitrogens is 5. The summed E-state index contributed by atoms with van der Waals surface area (Å²) in [5, 5.41) is 18.6. The summed E-state index contributed by atoms with van der Waals surface area (Å²) in [6.07, 6.45) is 0. The number of anilines is 1. The molecule has 0 saturated carbocycles. The van der Waals surface area contributed by atoms with E-state index in [1.807, 2.05) is 30.3 Å². The fourth-order valence-corrected chi connectivity index (χ4v) is 2.74. The van der Waals surface area contributed by atoms with E-state index in [9.17, 15) is 9.59 Å². The smallest absolute Gasteiger partial charge is 0.227 e. The lowest BCUT2D eigenvalue weighted by Crippen LogP contribution is -2.13. The zero-order chi connectivity index (χ0) is 17.8. The lowest BCUT2D eigenvalue weighted by atomic mass is 10.3. The van der Waals surface area contributed by atoms with E-state index in [0.29, 0.717) is 11.0 Å². The van der Waals surface area contributed by atoms with Gasteiger partial charge in [0.25, 0.3) is 0 Å².